The third kappa shape index (κ3) is 3.33. The molecular formula is C14H13N3O4. The Labute approximate surface area is 119 Å². The second-order valence-electron chi connectivity index (χ2n) is 4.36. The van der Waals surface area contributed by atoms with E-state index >= 15 is 0 Å². The molecule has 0 bridgehead atoms. The smallest absolute Gasteiger partial charge is 0.301 e. The molecule has 0 aliphatic rings. The Morgan fingerprint density at radius 2 is 1.81 bits per heavy atom. The Morgan fingerprint density at radius 1 is 1.14 bits per heavy atom. The normalized spacial score (nSPS) is 10.9. The standard InChI is InChI=1S/C14H13N3O4/c1-2-9-3-5-10(6-4-9)7-8-11-12(17(20)21)13(18)16-14(19)15-11/h3-8H,2H2,1H3,(H2,15,16,18,19)/b8-7-. The maximum Gasteiger partial charge on any atom is 0.357 e. The van der Waals surface area contributed by atoms with Crippen LogP contribution in [0.4, 0.5) is 5.69 Å². The lowest BCUT2D eigenvalue weighted by Crippen LogP contribution is -2.25. The van der Waals surface area contributed by atoms with Crippen molar-refractivity contribution >= 4 is 17.8 Å². The molecule has 0 saturated heterocycles. The third-order valence-corrected chi connectivity index (χ3v) is 2.96. The first kappa shape index (κ1) is 14.4. The molecule has 21 heavy (non-hydrogen) atoms. The number of benzene rings is 1. The molecule has 1 aromatic carbocycles. The van der Waals surface area contributed by atoms with Gasteiger partial charge in [-0.15, -0.1) is 0 Å². The predicted molar refractivity (Wildman–Crippen MR) is 79.1 cm³/mol. The van der Waals surface area contributed by atoms with Gasteiger partial charge in [0.2, 0.25) is 0 Å². The van der Waals surface area contributed by atoms with Crippen LogP contribution in [0.1, 0.15) is 23.7 Å². The van der Waals surface area contributed by atoms with E-state index in [9.17, 15) is 19.7 Å². The fourth-order valence-corrected chi connectivity index (χ4v) is 1.84. The van der Waals surface area contributed by atoms with Crippen molar-refractivity contribution in [1.29, 1.82) is 0 Å². The second-order valence-corrected chi connectivity index (χ2v) is 4.36. The molecule has 7 heteroatoms. The molecule has 1 aromatic heterocycles. The zero-order valence-electron chi connectivity index (χ0n) is 11.3. The largest absolute Gasteiger partial charge is 0.357 e. The van der Waals surface area contributed by atoms with Gasteiger partial charge in [-0.3, -0.25) is 19.9 Å². The first-order valence-corrected chi connectivity index (χ1v) is 6.29. The van der Waals surface area contributed by atoms with Crippen molar-refractivity contribution in [3.63, 3.8) is 0 Å². The molecule has 1 heterocycles. The zero-order chi connectivity index (χ0) is 15.4. The maximum absolute atomic E-state index is 11.4. The zero-order valence-corrected chi connectivity index (χ0v) is 11.3. The monoisotopic (exact) mass is 287 g/mol. The van der Waals surface area contributed by atoms with Crippen LogP contribution in [0.5, 0.6) is 0 Å². The Morgan fingerprint density at radius 3 is 2.38 bits per heavy atom. The van der Waals surface area contributed by atoms with Crippen LogP contribution >= 0.6 is 0 Å². The average molecular weight is 287 g/mol. The van der Waals surface area contributed by atoms with Gasteiger partial charge in [-0.2, -0.15) is 0 Å². The first-order chi connectivity index (χ1) is 10.0. The number of nitrogens with one attached hydrogen (secondary N) is 2. The molecule has 0 amide bonds. The minimum atomic E-state index is -1.02. The number of H-pyrrole nitrogens is 2. The fourth-order valence-electron chi connectivity index (χ4n) is 1.84. The van der Waals surface area contributed by atoms with Crippen molar-refractivity contribution in [1.82, 2.24) is 9.97 Å². The van der Waals surface area contributed by atoms with Gasteiger partial charge in [-0.05, 0) is 23.6 Å². The fraction of sp³-hybridized carbons (Fsp3) is 0.143. The molecule has 108 valence electrons. The summed E-state index contributed by atoms with van der Waals surface area (Å²) in [6.45, 7) is 2.04. The lowest BCUT2D eigenvalue weighted by Gasteiger charge is -1.98. The molecule has 0 fully saturated rings. The highest BCUT2D eigenvalue weighted by Gasteiger charge is 2.18. The quantitative estimate of drug-likeness (QED) is 0.658. The topological polar surface area (TPSA) is 109 Å². The van der Waals surface area contributed by atoms with E-state index < -0.39 is 21.9 Å². The van der Waals surface area contributed by atoms with Crippen molar-refractivity contribution in [2.24, 2.45) is 0 Å². The van der Waals surface area contributed by atoms with Crippen LogP contribution in [-0.4, -0.2) is 14.9 Å². The highest BCUT2D eigenvalue weighted by atomic mass is 16.6. The van der Waals surface area contributed by atoms with Crippen LogP contribution in [0.15, 0.2) is 33.9 Å². The van der Waals surface area contributed by atoms with E-state index in [-0.39, 0.29) is 5.69 Å². The van der Waals surface area contributed by atoms with Gasteiger partial charge < -0.3 is 4.98 Å². The van der Waals surface area contributed by atoms with E-state index in [1.807, 2.05) is 36.2 Å². The van der Waals surface area contributed by atoms with Gasteiger partial charge in [0.15, 0.2) is 0 Å². The summed E-state index contributed by atoms with van der Waals surface area (Å²) in [5, 5.41) is 10.9. The predicted octanol–water partition coefficient (Wildman–Crippen LogP) is 1.70. The van der Waals surface area contributed by atoms with Crippen LogP contribution in [-0.2, 0) is 6.42 Å². The van der Waals surface area contributed by atoms with Gasteiger partial charge >= 0.3 is 16.9 Å². The minimum Gasteiger partial charge on any atom is -0.301 e. The molecule has 2 aromatic rings. The van der Waals surface area contributed by atoms with Gasteiger partial charge in [-0.1, -0.05) is 37.3 Å². The molecule has 2 N–H and O–H groups in total. The molecule has 0 saturated carbocycles. The highest BCUT2D eigenvalue weighted by Crippen LogP contribution is 2.13. The molecule has 2 rings (SSSR count). The number of aromatic amines is 2. The Kier molecular flexibility index (Phi) is 4.13. The van der Waals surface area contributed by atoms with Crippen LogP contribution in [0.2, 0.25) is 0 Å². The van der Waals surface area contributed by atoms with Gasteiger partial charge in [0.1, 0.15) is 5.69 Å². The van der Waals surface area contributed by atoms with Crippen LogP contribution < -0.4 is 11.2 Å². The molecule has 7 nitrogen and oxygen atoms in total. The number of rotatable bonds is 4. The van der Waals surface area contributed by atoms with Crippen LogP contribution in [0.25, 0.3) is 12.2 Å². The summed E-state index contributed by atoms with van der Waals surface area (Å²) in [6.07, 6.45) is 3.85. The molecule has 0 aliphatic heterocycles. The number of hydrogen-bond donors (Lipinski definition) is 2. The summed E-state index contributed by atoms with van der Waals surface area (Å²) < 4.78 is 0. The summed E-state index contributed by atoms with van der Waals surface area (Å²) in [5.41, 5.74) is -0.647. The van der Waals surface area contributed by atoms with E-state index in [0.29, 0.717) is 0 Å². The summed E-state index contributed by atoms with van der Waals surface area (Å²) in [7, 11) is 0. The third-order valence-electron chi connectivity index (χ3n) is 2.96. The van der Waals surface area contributed by atoms with Crippen molar-refractivity contribution < 1.29 is 4.92 Å². The number of nitrogens with zero attached hydrogens (tertiary/aromatic N) is 1. The SMILES string of the molecule is CCc1ccc(/C=C\c2[nH]c(=O)[nH]c(=O)c2[N+](=O)[O-])cc1. The highest BCUT2D eigenvalue weighted by molar-refractivity contribution is 5.71. The Balaban J connectivity index is 2.42. The van der Waals surface area contributed by atoms with Gasteiger partial charge in [-0.25, -0.2) is 4.79 Å². The summed E-state index contributed by atoms with van der Waals surface area (Å²) in [5.74, 6) is 0. The molecule has 0 aliphatic carbocycles. The molecule has 0 radical (unpaired) electrons. The van der Waals surface area contributed by atoms with Crippen molar-refractivity contribution in [3.05, 3.63) is 72.0 Å². The van der Waals surface area contributed by atoms with Crippen molar-refractivity contribution in [2.45, 2.75) is 13.3 Å². The van der Waals surface area contributed by atoms with Crippen molar-refractivity contribution in [3.8, 4) is 0 Å². The Bertz CT molecular complexity index is 800. The Hall–Kier alpha value is -2.96. The molecule has 0 unspecified atom stereocenters. The van der Waals surface area contributed by atoms with Crippen molar-refractivity contribution in [2.75, 3.05) is 0 Å². The second kappa shape index (κ2) is 6.00. The number of nitro groups is 1. The number of aryl methyl sites for hydroxylation is 1. The maximum atomic E-state index is 11.4. The lowest BCUT2D eigenvalue weighted by atomic mass is 10.1. The summed E-state index contributed by atoms with van der Waals surface area (Å²) >= 11 is 0. The first-order valence-electron chi connectivity index (χ1n) is 6.29. The van der Waals surface area contributed by atoms with Gasteiger partial charge in [0.05, 0.1) is 4.92 Å². The van der Waals surface area contributed by atoms with Crippen LogP contribution in [0.3, 0.4) is 0 Å². The van der Waals surface area contributed by atoms with E-state index in [1.165, 1.54) is 11.6 Å². The summed E-state index contributed by atoms with van der Waals surface area (Å²) in [6, 6.07) is 7.59. The lowest BCUT2D eigenvalue weighted by molar-refractivity contribution is -0.386. The van der Waals surface area contributed by atoms with E-state index in [2.05, 4.69) is 4.98 Å². The van der Waals surface area contributed by atoms with Gasteiger partial charge in [0, 0.05) is 0 Å². The summed E-state index contributed by atoms with van der Waals surface area (Å²) in [4.78, 5) is 36.8. The number of hydrogen-bond acceptors (Lipinski definition) is 4. The number of aromatic nitrogens is 2. The van der Waals surface area contributed by atoms with E-state index in [1.54, 1.807) is 6.08 Å². The van der Waals surface area contributed by atoms with Gasteiger partial charge in [0.25, 0.3) is 0 Å². The van der Waals surface area contributed by atoms with Crippen LogP contribution in [0, 0.1) is 10.1 Å². The van der Waals surface area contributed by atoms with E-state index in [4.69, 9.17) is 0 Å². The molecule has 0 atom stereocenters. The molecular weight excluding hydrogens is 274 g/mol. The van der Waals surface area contributed by atoms with E-state index in [0.717, 1.165) is 12.0 Å². The molecule has 0 spiro atoms. The minimum absolute atomic E-state index is 0.131. The average Bonchev–Trinajstić information content (AvgIpc) is 2.44.